The number of nitrogens with two attached hydrogens (primary N) is 1. The number of amides is 1. The lowest BCUT2D eigenvalue weighted by atomic mass is 9.93. The van der Waals surface area contributed by atoms with Crippen LogP contribution in [0.25, 0.3) is 9.88 Å². The minimum Gasteiger partial charge on any atom is -0.340 e. The molecule has 0 radical (unpaired) electrons. The topological polar surface area (TPSA) is 59.2 Å². The highest BCUT2D eigenvalue weighted by Crippen LogP contribution is 2.33. The van der Waals surface area contributed by atoms with Gasteiger partial charge in [0.1, 0.15) is 10.7 Å². The van der Waals surface area contributed by atoms with Gasteiger partial charge in [0.05, 0.1) is 8.66 Å². The summed E-state index contributed by atoms with van der Waals surface area (Å²) >= 11 is 6.54. The molecule has 4 nitrogen and oxygen atoms in total. The van der Waals surface area contributed by atoms with Crippen LogP contribution in [0.1, 0.15) is 24.3 Å². The van der Waals surface area contributed by atoms with Crippen LogP contribution in [0.2, 0.25) is 0 Å². The molecule has 0 saturated carbocycles. The number of nitrogens with zero attached hydrogens (tertiary/aromatic N) is 2. The van der Waals surface area contributed by atoms with Crippen molar-refractivity contribution in [2.24, 2.45) is 11.1 Å². The lowest BCUT2D eigenvalue weighted by molar-refractivity contribution is 0.0735. The van der Waals surface area contributed by atoms with Crippen LogP contribution in [0, 0.1) is 5.41 Å². The Bertz CT molecular complexity index is 636. The minimum absolute atomic E-state index is 0.0605. The number of thiophene rings is 1. The maximum Gasteiger partial charge on any atom is 0.273 e. The van der Waals surface area contributed by atoms with Crippen LogP contribution < -0.4 is 5.73 Å². The summed E-state index contributed by atoms with van der Waals surface area (Å²) in [7, 11) is 1.79. The first kappa shape index (κ1) is 16.6. The highest BCUT2D eigenvalue weighted by Gasteiger charge is 2.23. The normalized spacial score (nSPS) is 11.7. The summed E-state index contributed by atoms with van der Waals surface area (Å²) in [6.45, 7) is 5.24. The molecule has 21 heavy (non-hydrogen) atoms. The second-order valence-electron chi connectivity index (χ2n) is 5.67. The predicted octanol–water partition coefficient (Wildman–Crippen LogP) is 3.69. The van der Waals surface area contributed by atoms with Crippen molar-refractivity contribution in [1.82, 2.24) is 9.88 Å². The molecule has 2 aromatic heterocycles. The van der Waals surface area contributed by atoms with E-state index in [1.54, 1.807) is 23.3 Å². The second-order valence-corrected chi connectivity index (χ2v) is 8.99. The SMILES string of the molecule is CN(CC(C)(C)CN)C(=O)c1csc(-c2ccc(Br)s2)n1. The van der Waals surface area contributed by atoms with Crippen LogP contribution >= 0.6 is 38.6 Å². The molecule has 0 bridgehead atoms. The number of carbonyl (C=O) groups is 1. The van der Waals surface area contributed by atoms with E-state index in [1.165, 1.54) is 11.3 Å². The van der Waals surface area contributed by atoms with E-state index in [0.717, 1.165) is 13.7 Å². The Morgan fingerprint density at radius 1 is 1.48 bits per heavy atom. The molecule has 2 aromatic rings. The van der Waals surface area contributed by atoms with Crippen molar-refractivity contribution >= 4 is 44.5 Å². The molecule has 1 amide bonds. The number of halogens is 1. The fraction of sp³-hybridized carbons (Fsp3) is 0.429. The van der Waals surface area contributed by atoms with Gasteiger partial charge in [-0.05, 0) is 40.0 Å². The van der Waals surface area contributed by atoms with Crippen LogP contribution in [0.5, 0.6) is 0 Å². The van der Waals surface area contributed by atoms with Crippen molar-refractivity contribution in [3.05, 3.63) is 27.0 Å². The van der Waals surface area contributed by atoms with Crippen molar-refractivity contribution in [2.45, 2.75) is 13.8 Å². The van der Waals surface area contributed by atoms with Gasteiger partial charge in [-0.2, -0.15) is 0 Å². The van der Waals surface area contributed by atoms with E-state index in [0.29, 0.717) is 18.8 Å². The first-order chi connectivity index (χ1) is 9.82. The Hall–Kier alpha value is -0.760. The fourth-order valence-corrected chi connectivity index (χ4v) is 4.14. The zero-order valence-electron chi connectivity index (χ0n) is 12.2. The van der Waals surface area contributed by atoms with Gasteiger partial charge in [0.15, 0.2) is 0 Å². The smallest absolute Gasteiger partial charge is 0.273 e. The number of thiazole rings is 1. The molecule has 0 fully saturated rings. The third-order valence-electron chi connectivity index (χ3n) is 3.07. The van der Waals surface area contributed by atoms with E-state index in [2.05, 4.69) is 20.9 Å². The molecule has 2 heterocycles. The van der Waals surface area contributed by atoms with Gasteiger partial charge < -0.3 is 10.6 Å². The third-order valence-corrected chi connectivity index (χ3v) is 5.71. The molecule has 0 atom stereocenters. The van der Waals surface area contributed by atoms with Crippen molar-refractivity contribution in [2.75, 3.05) is 20.1 Å². The molecule has 0 aliphatic carbocycles. The zero-order chi connectivity index (χ0) is 15.6. The number of rotatable bonds is 5. The maximum atomic E-state index is 12.4. The van der Waals surface area contributed by atoms with Crippen LogP contribution in [-0.2, 0) is 0 Å². The van der Waals surface area contributed by atoms with Gasteiger partial charge >= 0.3 is 0 Å². The molecule has 2 rings (SSSR count). The molecule has 0 unspecified atom stereocenters. The van der Waals surface area contributed by atoms with Gasteiger partial charge in [-0.25, -0.2) is 4.98 Å². The summed E-state index contributed by atoms with van der Waals surface area (Å²) in [4.78, 5) is 19.6. The van der Waals surface area contributed by atoms with E-state index in [-0.39, 0.29) is 11.3 Å². The first-order valence-corrected chi connectivity index (χ1v) is 8.98. The quantitative estimate of drug-likeness (QED) is 0.850. The Morgan fingerprint density at radius 2 is 2.19 bits per heavy atom. The van der Waals surface area contributed by atoms with Crippen LogP contribution in [0.3, 0.4) is 0 Å². The Labute approximate surface area is 141 Å². The zero-order valence-corrected chi connectivity index (χ0v) is 15.4. The van der Waals surface area contributed by atoms with Gasteiger partial charge in [-0.15, -0.1) is 22.7 Å². The lowest BCUT2D eigenvalue weighted by Gasteiger charge is -2.28. The summed E-state index contributed by atoms with van der Waals surface area (Å²) in [6.07, 6.45) is 0. The van der Waals surface area contributed by atoms with Crippen molar-refractivity contribution in [3.8, 4) is 9.88 Å². The van der Waals surface area contributed by atoms with Gasteiger partial charge in [0, 0.05) is 19.0 Å². The Balaban J connectivity index is 2.12. The second kappa shape index (κ2) is 6.56. The lowest BCUT2D eigenvalue weighted by Crippen LogP contribution is -2.39. The minimum atomic E-state index is -0.0954. The molecule has 0 saturated heterocycles. The summed E-state index contributed by atoms with van der Waals surface area (Å²) in [6, 6.07) is 3.99. The summed E-state index contributed by atoms with van der Waals surface area (Å²) in [5.74, 6) is -0.0605. The standard InChI is InChI=1S/C14H18BrN3OS2/c1-14(2,7-16)8-18(3)13(19)9-6-20-12(17-9)10-4-5-11(15)21-10/h4-6H,7-8,16H2,1-3H3. The predicted molar refractivity (Wildman–Crippen MR) is 92.9 cm³/mol. The highest BCUT2D eigenvalue weighted by atomic mass is 79.9. The highest BCUT2D eigenvalue weighted by molar-refractivity contribution is 9.11. The molecule has 2 N–H and O–H groups in total. The first-order valence-electron chi connectivity index (χ1n) is 6.49. The van der Waals surface area contributed by atoms with E-state index >= 15 is 0 Å². The molecular weight excluding hydrogens is 370 g/mol. The fourth-order valence-electron chi connectivity index (χ4n) is 1.89. The van der Waals surface area contributed by atoms with Crippen molar-refractivity contribution < 1.29 is 4.79 Å². The number of hydrogen-bond acceptors (Lipinski definition) is 5. The molecule has 0 aliphatic heterocycles. The van der Waals surface area contributed by atoms with Crippen LogP contribution in [0.4, 0.5) is 0 Å². The number of aromatic nitrogens is 1. The molecule has 114 valence electrons. The summed E-state index contributed by atoms with van der Waals surface area (Å²) in [5, 5.41) is 2.69. The Kier molecular flexibility index (Phi) is 5.19. The van der Waals surface area contributed by atoms with E-state index in [1.807, 2.05) is 31.4 Å². The van der Waals surface area contributed by atoms with Crippen LogP contribution in [0.15, 0.2) is 21.3 Å². The van der Waals surface area contributed by atoms with Crippen molar-refractivity contribution in [1.29, 1.82) is 0 Å². The summed E-state index contributed by atoms with van der Waals surface area (Å²) < 4.78 is 1.06. The van der Waals surface area contributed by atoms with Gasteiger partial charge in [-0.3, -0.25) is 4.79 Å². The third kappa shape index (κ3) is 4.12. The maximum absolute atomic E-state index is 12.4. The molecule has 0 spiro atoms. The Morgan fingerprint density at radius 3 is 2.76 bits per heavy atom. The van der Waals surface area contributed by atoms with Gasteiger partial charge in [0.25, 0.3) is 5.91 Å². The summed E-state index contributed by atoms with van der Waals surface area (Å²) in [5.41, 5.74) is 6.12. The molecule has 0 aromatic carbocycles. The van der Waals surface area contributed by atoms with Gasteiger partial charge in [-0.1, -0.05) is 13.8 Å². The molecule has 0 aliphatic rings. The van der Waals surface area contributed by atoms with E-state index < -0.39 is 0 Å². The van der Waals surface area contributed by atoms with Crippen molar-refractivity contribution in [3.63, 3.8) is 0 Å². The number of hydrogen-bond donors (Lipinski definition) is 1. The van der Waals surface area contributed by atoms with E-state index in [9.17, 15) is 4.79 Å². The molecular formula is C14H18BrN3OS2. The molecule has 7 heteroatoms. The monoisotopic (exact) mass is 387 g/mol. The van der Waals surface area contributed by atoms with Crippen LogP contribution in [-0.4, -0.2) is 35.9 Å². The average molecular weight is 388 g/mol. The average Bonchev–Trinajstić information content (AvgIpc) is 3.05. The van der Waals surface area contributed by atoms with Gasteiger partial charge in [0.2, 0.25) is 0 Å². The largest absolute Gasteiger partial charge is 0.340 e. The number of carbonyl (C=O) groups excluding carboxylic acids is 1. The van der Waals surface area contributed by atoms with E-state index in [4.69, 9.17) is 5.73 Å².